The van der Waals surface area contributed by atoms with Crippen molar-refractivity contribution >= 4 is 11.9 Å². The Morgan fingerprint density at radius 2 is 0.826 bits per heavy atom. The lowest BCUT2D eigenvalue weighted by Gasteiger charge is -2.15. The predicted octanol–water partition coefficient (Wildman–Crippen LogP) is 14.2. The van der Waals surface area contributed by atoms with Crippen LogP contribution >= 0.6 is 0 Å². The molecule has 0 bridgehead atoms. The number of hydrogen-bond acceptors (Lipinski definition) is 3. The number of unbranched alkanes of at least 4 members (excludes halogenated alkanes) is 29. The van der Waals surface area contributed by atoms with Crippen LogP contribution in [0.4, 0.5) is 0 Å². The van der Waals surface area contributed by atoms with Gasteiger partial charge in [0.15, 0.2) is 0 Å². The van der Waals surface area contributed by atoms with Crippen LogP contribution in [0.5, 0.6) is 0 Å². The maximum atomic E-state index is 12.6. The summed E-state index contributed by atoms with van der Waals surface area (Å²) in [6, 6.07) is 0. The molecule has 0 radical (unpaired) electrons. The van der Waals surface area contributed by atoms with E-state index in [4.69, 9.17) is 9.84 Å². The molecule has 0 aliphatic rings. The molecule has 46 heavy (non-hydrogen) atoms. The van der Waals surface area contributed by atoms with Gasteiger partial charge in [-0.2, -0.15) is 0 Å². The van der Waals surface area contributed by atoms with Crippen molar-refractivity contribution in [3.8, 4) is 0 Å². The van der Waals surface area contributed by atoms with Crippen LogP contribution in [0.2, 0.25) is 0 Å². The molecule has 4 nitrogen and oxygen atoms in total. The van der Waals surface area contributed by atoms with E-state index in [-0.39, 0.29) is 18.5 Å². The SMILES string of the molecule is CCCCCCCC/C=C\C(CCCCCCCCC(=O)O)OC(=O)CCCCCCCCCCCCCCCCCCCCC. The number of aliphatic carboxylic acids is 1. The van der Waals surface area contributed by atoms with Crippen molar-refractivity contribution in [2.75, 3.05) is 0 Å². The average molecular weight is 649 g/mol. The van der Waals surface area contributed by atoms with Gasteiger partial charge in [0.05, 0.1) is 0 Å². The molecule has 0 aliphatic carbocycles. The first kappa shape index (κ1) is 44.7. The molecule has 0 aromatic carbocycles. The average Bonchev–Trinajstić information content (AvgIpc) is 3.04. The zero-order valence-corrected chi connectivity index (χ0v) is 31.2. The van der Waals surface area contributed by atoms with Crippen molar-refractivity contribution in [1.29, 1.82) is 0 Å². The van der Waals surface area contributed by atoms with E-state index < -0.39 is 5.97 Å². The molecule has 0 aromatic heterocycles. The largest absolute Gasteiger partial charge is 0.481 e. The highest BCUT2D eigenvalue weighted by Gasteiger charge is 2.11. The number of hydrogen-bond donors (Lipinski definition) is 1. The summed E-state index contributed by atoms with van der Waals surface area (Å²) >= 11 is 0. The van der Waals surface area contributed by atoms with E-state index >= 15 is 0 Å². The minimum atomic E-state index is -0.697. The van der Waals surface area contributed by atoms with E-state index in [0.717, 1.165) is 64.2 Å². The Kier molecular flexibility index (Phi) is 37.0. The number of esters is 1. The lowest BCUT2D eigenvalue weighted by molar-refractivity contribution is -0.147. The molecule has 0 saturated heterocycles. The van der Waals surface area contributed by atoms with Crippen molar-refractivity contribution in [3.05, 3.63) is 12.2 Å². The first-order valence-corrected chi connectivity index (χ1v) is 20.7. The summed E-state index contributed by atoms with van der Waals surface area (Å²) < 4.78 is 5.93. The standard InChI is InChI=1S/C42H80O4/c1-3-5-7-9-11-13-14-15-16-17-18-19-20-21-22-23-25-31-35-39-42(45)46-40(36-32-28-24-12-10-8-6-4-2)37-33-29-26-27-30-34-38-41(43)44/h32,36,40H,3-31,33-35,37-39H2,1-2H3,(H,43,44)/b36-32-. The normalized spacial score (nSPS) is 12.2. The predicted molar refractivity (Wildman–Crippen MR) is 200 cm³/mol. The summed E-state index contributed by atoms with van der Waals surface area (Å²) in [5, 5.41) is 8.77. The van der Waals surface area contributed by atoms with Gasteiger partial charge in [0.25, 0.3) is 0 Å². The molecule has 1 N–H and O–H groups in total. The smallest absolute Gasteiger partial charge is 0.306 e. The van der Waals surface area contributed by atoms with E-state index in [2.05, 4.69) is 26.0 Å². The second-order valence-electron chi connectivity index (χ2n) is 14.2. The van der Waals surface area contributed by atoms with Crippen LogP contribution in [0.15, 0.2) is 12.2 Å². The van der Waals surface area contributed by atoms with E-state index in [1.807, 2.05) is 0 Å². The molecular weight excluding hydrogens is 568 g/mol. The van der Waals surface area contributed by atoms with Crippen LogP contribution in [0.25, 0.3) is 0 Å². The fourth-order valence-electron chi connectivity index (χ4n) is 6.39. The van der Waals surface area contributed by atoms with Crippen LogP contribution in [0, 0.1) is 0 Å². The lowest BCUT2D eigenvalue weighted by atomic mass is 10.0. The topological polar surface area (TPSA) is 63.6 Å². The maximum absolute atomic E-state index is 12.6. The number of allylic oxidation sites excluding steroid dienone is 1. The number of carbonyl (C=O) groups is 2. The highest BCUT2D eigenvalue weighted by Crippen LogP contribution is 2.17. The van der Waals surface area contributed by atoms with Crippen LogP contribution in [-0.4, -0.2) is 23.1 Å². The molecule has 1 unspecified atom stereocenters. The quantitative estimate of drug-likeness (QED) is 0.0411. The molecule has 0 aliphatic heterocycles. The molecule has 0 fully saturated rings. The number of carboxylic acid groups (broad SMARTS) is 1. The fourth-order valence-corrected chi connectivity index (χ4v) is 6.39. The Labute approximate surface area is 287 Å². The van der Waals surface area contributed by atoms with E-state index in [9.17, 15) is 9.59 Å². The Bertz CT molecular complexity index is 658. The van der Waals surface area contributed by atoms with Crippen LogP contribution < -0.4 is 0 Å². The Morgan fingerprint density at radius 3 is 1.24 bits per heavy atom. The van der Waals surface area contributed by atoms with E-state index in [1.165, 1.54) is 148 Å². The monoisotopic (exact) mass is 649 g/mol. The second kappa shape index (κ2) is 38.1. The van der Waals surface area contributed by atoms with E-state index in [1.54, 1.807) is 0 Å². The number of rotatable bonds is 38. The second-order valence-corrected chi connectivity index (χ2v) is 14.2. The molecule has 0 amide bonds. The summed E-state index contributed by atoms with van der Waals surface area (Å²) in [6.07, 6.45) is 46.9. The molecule has 4 heteroatoms. The highest BCUT2D eigenvalue weighted by atomic mass is 16.5. The lowest BCUT2D eigenvalue weighted by Crippen LogP contribution is -2.16. The van der Waals surface area contributed by atoms with Crippen molar-refractivity contribution in [1.82, 2.24) is 0 Å². The first-order chi connectivity index (χ1) is 22.6. The number of ether oxygens (including phenoxy) is 1. The Morgan fingerprint density at radius 1 is 0.478 bits per heavy atom. The summed E-state index contributed by atoms with van der Waals surface area (Å²) in [4.78, 5) is 23.3. The van der Waals surface area contributed by atoms with Crippen molar-refractivity contribution in [2.24, 2.45) is 0 Å². The zero-order valence-electron chi connectivity index (χ0n) is 31.2. The van der Waals surface area contributed by atoms with Crippen LogP contribution in [0.3, 0.4) is 0 Å². The maximum Gasteiger partial charge on any atom is 0.306 e. The minimum absolute atomic E-state index is 0.0325. The summed E-state index contributed by atoms with van der Waals surface area (Å²) in [7, 11) is 0. The Balaban J connectivity index is 3.89. The van der Waals surface area contributed by atoms with Crippen molar-refractivity contribution in [3.63, 3.8) is 0 Å². The molecule has 0 aromatic rings. The van der Waals surface area contributed by atoms with Crippen molar-refractivity contribution in [2.45, 2.75) is 245 Å². The van der Waals surface area contributed by atoms with Crippen molar-refractivity contribution < 1.29 is 19.4 Å². The molecule has 0 heterocycles. The summed E-state index contributed by atoms with van der Waals surface area (Å²) in [6.45, 7) is 4.55. The highest BCUT2D eigenvalue weighted by molar-refractivity contribution is 5.69. The van der Waals surface area contributed by atoms with Gasteiger partial charge in [0.1, 0.15) is 6.10 Å². The van der Waals surface area contributed by atoms with Gasteiger partial charge in [0.2, 0.25) is 0 Å². The zero-order chi connectivity index (χ0) is 33.6. The van der Waals surface area contributed by atoms with Gasteiger partial charge >= 0.3 is 11.9 Å². The minimum Gasteiger partial charge on any atom is -0.481 e. The Hall–Kier alpha value is -1.32. The van der Waals surface area contributed by atoms with Crippen LogP contribution in [0.1, 0.15) is 239 Å². The summed E-state index contributed by atoms with van der Waals surface area (Å²) in [5.74, 6) is -0.729. The van der Waals surface area contributed by atoms with Gasteiger partial charge in [-0.15, -0.1) is 0 Å². The molecule has 0 rings (SSSR count). The molecule has 1 atom stereocenters. The van der Waals surface area contributed by atoms with Crippen LogP contribution in [-0.2, 0) is 14.3 Å². The van der Waals surface area contributed by atoms with Gasteiger partial charge in [-0.3, -0.25) is 9.59 Å². The third-order valence-corrected chi connectivity index (χ3v) is 9.47. The van der Waals surface area contributed by atoms with Gasteiger partial charge in [-0.1, -0.05) is 193 Å². The molecule has 0 saturated carbocycles. The summed E-state index contributed by atoms with van der Waals surface area (Å²) in [5.41, 5.74) is 0. The van der Waals surface area contributed by atoms with Gasteiger partial charge in [0, 0.05) is 12.8 Å². The van der Waals surface area contributed by atoms with Gasteiger partial charge in [-0.25, -0.2) is 0 Å². The first-order valence-electron chi connectivity index (χ1n) is 20.7. The third-order valence-electron chi connectivity index (χ3n) is 9.47. The van der Waals surface area contributed by atoms with E-state index in [0.29, 0.717) is 6.42 Å². The third kappa shape index (κ3) is 37.1. The van der Waals surface area contributed by atoms with Gasteiger partial charge < -0.3 is 9.84 Å². The number of carbonyl (C=O) groups excluding carboxylic acids is 1. The molecule has 0 spiro atoms. The fraction of sp³-hybridized carbons (Fsp3) is 0.905. The van der Waals surface area contributed by atoms with Gasteiger partial charge in [-0.05, 0) is 44.6 Å². The molecule has 272 valence electrons. The molecular formula is C42H80O4. The number of carboxylic acids is 1.